The number of amides is 1. The summed E-state index contributed by atoms with van der Waals surface area (Å²) in [7, 11) is 1.95. The lowest BCUT2D eigenvalue weighted by Gasteiger charge is -2.49. The molecular weight excluding hydrogens is 352 g/mol. The second-order valence-corrected chi connectivity index (χ2v) is 8.15. The van der Waals surface area contributed by atoms with Crippen molar-refractivity contribution in [2.24, 2.45) is 5.41 Å². The predicted molar refractivity (Wildman–Crippen MR) is 107 cm³/mol. The Morgan fingerprint density at radius 2 is 1.89 bits per heavy atom. The smallest absolute Gasteiger partial charge is 0.229 e. The van der Waals surface area contributed by atoms with Crippen LogP contribution in [0.15, 0.2) is 43.0 Å². The number of imidazole rings is 1. The van der Waals surface area contributed by atoms with E-state index in [1.54, 1.807) is 12.7 Å². The van der Waals surface area contributed by atoms with E-state index in [1.165, 1.54) is 0 Å². The maximum atomic E-state index is 12.8. The molecule has 0 aliphatic carbocycles. The van der Waals surface area contributed by atoms with Crippen molar-refractivity contribution in [3.05, 3.63) is 48.5 Å². The first-order chi connectivity index (χ1) is 13.7. The minimum absolute atomic E-state index is 0.0372. The molecule has 0 radical (unpaired) electrons. The Labute approximate surface area is 163 Å². The molecule has 1 atom stereocenters. The van der Waals surface area contributed by atoms with E-state index in [1.807, 2.05) is 30.1 Å². The summed E-state index contributed by atoms with van der Waals surface area (Å²) in [5.41, 5.74) is 2.91. The molecule has 4 heterocycles. The first kappa shape index (κ1) is 17.2. The summed E-state index contributed by atoms with van der Waals surface area (Å²) < 4.78 is 0. The van der Waals surface area contributed by atoms with Gasteiger partial charge in [-0.25, -0.2) is 15.0 Å². The van der Waals surface area contributed by atoms with E-state index in [0.29, 0.717) is 5.65 Å². The Hall–Kier alpha value is -2.96. The Bertz CT molecular complexity index is 992. The van der Waals surface area contributed by atoms with E-state index in [-0.39, 0.29) is 17.2 Å². The summed E-state index contributed by atoms with van der Waals surface area (Å²) in [4.78, 5) is 33.2. The van der Waals surface area contributed by atoms with Gasteiger partial charge in [0.1, 0.15) is 11.8 Å². The summed E-state index contributed by atoms with van der Waals surface area (Å²) in [6.07, 6.45) is 6.28. The van der Waals surface area contributed by atoms with Crippen LogP contribution in [0.4, 0.5) is 5.82 Å². The summed E-state index contributed by atoms with van der Waals surface area (Å²) in [6.45, 7) is 2.69. The standard InChI is InChI=1S/C21H24N6O/c1-26-12-21(11-16(20(26)28)15-5-3-2-4-6-15)7-9-27(10-8-21)19-17-18(23-13-22-17)24-14-25-19/h2-6,13-14,16H,7-12H2,1H3,(H,22,23,24,25)/t16-/m0/s1. The molecule has 0 bridgehead atoms. The summed E-state index contributed by atoms with van der Waals surface area (Å²) in [6, 6.07) is 10.2. The number of nitrogens with zero attached hydrogens (tertiary/aromatic N) is 5. The number of carbonyl (C=O) groups is 1. The number of aromatic amines is 1. The maximum Gasteiger partial charge on any atom is 0.229 e. The van der Waals surface area contributed by atoms with Crippen LogP contribution < -0.4 is 4.90 Å². The Morgan fingerprint density at radius 1 is 1.11 bits per heavy atom. The van der Waals surface area contributed by atoms with Crippen molar-refractivity contribution in [2.45, 2.75) is 25.2 Å². The lowest BCUT2D eigenvalue weighted by atomic mass is 9.68. The van der Waals surface area contributed by atoms with Gasteiger partial charge in [0, 0.05) is 26.7 Å². The molecule has 7 heteroatoms. The molecule has 2 aliphatic heterocycles. The fourth-order valence-corrected chi connectivity index (χ4v) is 4.92. The molecule has 0 saturated carbocycles. The molecular formula is C21H24N6O. The first-order valence-corrected chi connectivity index (χ1v) is 9.84. The van der Waals surface area contributed by atoms with Crippen LogP contribution in [-0.2, 0) is 4.79 Å². The average Bonchev–Trinajstić information content (AvgIpc) is 3.21. The van der Waals surface area contributed by atoms with Gasteiger partial charge in [-0.2, -0.15) is 0 Å². The van der Waals surface area contributed by atoms with Crippen molar-refractivity contribution in [1.29, 1.82) is 0 Å². The second-order valence-electron chi connectivity index (χ2n) is 8.15. The quantitative estimate of drug-likeness (QED) is 0.744. The van der Waals surface area contributed by atoms with Crippen molar-refractivity contribution in [2.75, 3.05) is 31.6 Å². The molecule has 1 N–H and O–H groups in total. The van der Waals surface area contributed by atoms with Crippen LogP contribution in [0.5, 0.6) is 0 Å². The molecule has 2 aliphatic rings. The minimum Gasteiger partial charge on any atom is -0.355 e. The number of nitrogens with one attached hydrogen (secondary N) is 1. The van der Waals surface area contributed by atoms with E-state index in [2.05, 4.69) is 37.0 Å². The molecule has 0 unspecified atom stereocenters. The third-order valence-corrected chi connectivity index (χ3v) is 6.41. The number of H-pyrrole nitrogens is 1. The highest BCUT2D eigenvalue weighted by atomic mass is 16.2. The normalized spacial score (nSPS) is 22.2. The molecule has 1 spiro atoms. The van der Waals surface area contributed by atoms with Gasteiger partial charge in [0.05, 0.1) is 12.2 Å². The van der Waals surface area contributed by atoms with Gasteiger partial charge in [0.15, 0.2) is 11.5 Å². The number of hydrogen-bond acceptors (Lipinski definition) is 5. The van der Waals surface area contributed by atoms with E-state index in [0.717, 1.165) is 55.8 Å². The number of likely N-dealkylation sites (tertiary alicyclic amines) is 1. The number of rotatable bonds is 2. The summed E-state index contributed by atoms with van der Waals surface area (Å²) in [5.74, 6) is 1.14. The lowest BCUT2D eigenvalue weighted by molar-refractivity contribution is -0.138. The Morgan fingerprint density at radius 3 is 2.68 bits per heavy atom. The van der Waals surface area contributed by atoms with Gasteiger partial charge in [0.2, 0.25) is 5.91 Å². The fourth-order valence-electron chi connectivity index (χ4n) is 4.92. The Kier molecular flexibility index (Phi) is 4.03. The van der Waals surface area contributed by atoms with Gasteiger partial charge in [0.25, 0.3) is 0 Å². The second kappa shape index (κ2) is 6.58. The zero-order valence-electron chi connectivity index (χ0n) is 16.0. The van der Waals surface area contributed by atoms with Crippen molar-refractivity contribution in [3.63, 3.8) is 0 Å². The zero-order valence-corrected chi connectivity index (χ0v) is 16.0. The molecule has 2 saturated heterocycles. The highest BCUT2D eigenvalue weighted by molar-refractivity contribution is 5.85. The topological polar surface area (TPSA) is 78.0 Å². The number of benzene rings is 1. The molecule has 2 fully saturated rings. The number of aromatic nitrogens is 4. The van der Waals surface area contributed by atoms with Crippen LogP contribution in [0.3, 0.4) is 0 Å². The van der Waals surface area contributed by atoms with Crippen LogP contribution in [0.2, 0.25) is 0 Å². The summed E-state index contributed by atoms with van der Waals surface area (Å²) >= 11 is 0. The first-order valence-electron chi connectivity index (χ1n) is 9.84. The highest BCUT2D eigenvalue weighted by Crippen LogP contribution is 2.45. The van der Waals surface area contributed by atoms with Gasteiger partial charge in [-0.05, 0) is 30.2 Å². The van der Waals surface area contributed by atoms with Gasteiger partial charge in [-0.1, -0.05) is 30.3 Å². The zero-order chi connectivity index (χ0) is 19.1. The molecule has 1 amide bonds. The number of carbonyl (C=O) groups excluding carboxylic acids is 1. The number of piperidine rings is 2. The average molecular weight is 376 g/mol. The highest BCUT2D eigenvalue weighted by Gasteiger charge is 2.45. The fraction of sp³-hybridized carbons (Fsp3) is 0.429. The minimum atomic E-state index is -0.0372. The SMILES string of the molecule is CN1CC2(CCN(c3ncnc4nc[nH]c34)CC2)C[C@@H](c2ccccc2)C1=O. The molecule has 1 aromatic carbocycles. The van der Waals surface area contributed by atoms with Crippen LogP contribution in [0.25, 0.3) is 11.2 Å². The molecule has 2 aromatic heterocycles. The monoisotopic (exact) mass is 376 g/mol. The van der Waals surface area contributed by atoms with Crippen molar-refractivity contribution in [1.82, 2.24) is 24.8 Å². The molecule has 144 valence electrons. The van der Waals surface area contributed by atoms with Gasteiger partial charge >= 0.3 is 0 Å². The Balaban J connectivity index is 1.37. The number of anilines is 1. The van der Waals surface area contributed by atoms with Crippen LogP contribution in [0, 0.1) is 5.41 Å². The summed E-state index contributed by atoms with van der Waals surface area (Å²) in [5, 5.41) is 0. The number of fused-ring (bicyclic) bond motifs is 1. The van der Waals surface area contributed by atoms with Gasteiger partial charge in [-0.3, -0.25) is 4.79 Å². The number of likely N-dealkylation sites (N-methyl/N-ethyl adjacent to an activating group) is 1. The van der Waals surface area contributed by atoms with Gasteiger partial charge in [-0.15, -0.1) is 0 Å². The number of hydrogen-bond donors (Lipinski definition) is 1. The van der Waals surface area contributed by atoms with E-state index < -0.39 is 0 Å². The van der Waals surface area contributed by atoms with Crippen LogP contribution >= 0.6 is 0 Å². The molecule has 3 aromatic rings. The largest absolute Gasteiger partial charge is 0.355 e. The third kappa shape index (κ3) is 2.82. The third-order valence-electron chi connectivity index (χ3n) is 6.41. The van der Waals surface area contributed by atoms with Crippen LogP contribution in [-0.4, -0.2) is 57.4 Å². The maximum absolute atomic E-state index is 12.8. The van der Waals surface area contributed by atoms with Crippen LogP contribution in [0.1, 0.15) is 30.7 Å². The predicted octanol–water partition coefficient (Wildman–Crippen LogP) is 2.59. The molecule has 28 heavy (non-hydrogen) atoms. The van der Waals surface area contributed by atoms with E-state index in [4.69, 9.17) is 0 Å². The van der Waals surface area contributed by atoms with Crippen molar-refractivity contribution < 1.29 is 4.79 Å². The van der Waals surface area contributed by atoms with E-state index in [9.17, 15) is 4.79 Å². The van der Waals surface area contributed by atoms with Crippen molar-refractivity contribution >= 4 is 22.9 Å². The van der Waals surface area contributed by atoms with Crippen molar-refractivity contribution in [3.8, 4) is 0 Å². The molecule has 5 rings (SSSR count). The molecule has 7 nitrogen and oxygen atoms in total. The van der Waals surface area contributed by atoms with E-state index >= 15 is 0 Å². The lowest BCUT2D eigenvalue weighted by Crippen LogP contribution is -2.53. The van der Waals surface area contributed by atoms with Gasteiger partial charge < -0.3 is 14.8 Å².